The molecule has 4 nitrogen and oxygen atoms in total. The molecule has 0 radical (unpaired) electrons. The molecule has 0 fully saturated rings. The fraction of sp³-hybridized carbons (Fsp3) is 0.462. The molecule has 1 heterocycles. The van der Waals surface area contributed by atoms with Crippen molar-refractivity contribution < 1.29 is 14.6 Å². The van der Waals surface area contributed by atoms with Gasteiger partial charge in [0.25, 0.3) is 0 Å². The topological polar surface area (TPSA) is 62.5 Å². The Morgan fingerprint density at radius 2 is 2.17 bits per heavy atom. The summed E-state index contributed by atoms with van der Waals surface area (Å²) < 4.78 is 11.0. The maximum atomic E-state index is 10.3. The molecule has 1 aliphatic heterocycles. The molecule has 0 unspecified atom stereocenters. The zero-order chi connectivity index (χ0) is 13.5. The SMILES string of the molecule is COc1cc2c(cc1C#N)[C@@H](O)[C@H](Br)C(C)(C)O2. The van der Waals surface area contributed by atoms with E-state index in [2.05, 4.69) is 15.9 Å². The zero-order valence-corrected chi connectivity index (χ0v) is 12.0. The molecule has 2 atom stereocenters. The molecule has 1 aromatic rings. The van der Waals surface area contributed by atoms with E-state index in [1.807, 2.05) is 19.9 Å². The Morgan fingerprint density at radius 3 is 2.72 bits per heavy atom. The number of hydrogen-bond donors (Lipinski definition) is 1. The molecule has 0 aromatic heterocycles. The molecule has 96 valence electrons. The van der Waals surface area contributed by atoms with Gasteiger partial charge in [-0.05, 0) is 19.9 Å². The van der Waals surface area contributed by atoms with Crippen molar-refractivity contribution in [1.82, 2.24) is 0 Å². The van der Waals surface area contributed by atoms with Crippen LogP contribution in [0.3, 0.4) is 0 Å². The van der Waals surface area contributed by atoms with E-state index in [1.165, 1.54) is 7.11 Å². The van der Waals surface area contributed by atoms with Gasteiger partial charge in [-0.2, -0.15) is 5.26 Å². The molecule has 0 amide bonds. The van der Waals surface area contributed by atoms with Gasteiger partial charge < -0.3 is 14.6 Å². The van der Waals surface area contributed by atoms with E-state index in [0.717, 1.165) is 0 Å². The van der Waals surface area contributed by atoms with Gasteiger partial charge in [0.15, 0.2) is 0 Å². The quantitative estimate of drug-likeness (QED) is 0.810. The Morgan fingerprint density at radius 1 is 1.50 bits per heavy atom. The van der Waals surface area contributed by atoms with Crippen LogP contribution in [0.4, 0.5) is 0 Å². The summed E-state index contributed by atoms with van der Waals surface area (Å²) in [7, 11) is 1.50. The minimum absolute atomic E-state index is 0.238. The first-order valence-corrected chi connectivity index (χ1v) is 6.45. The zero-order valence-electron chi connectivity index (χ0n) is 10.4. The lowest BCUT2D eigenvalue weighted by Gasteiger charge is -2.40. The van der Waals surface area contributed by atoms with E-state index in [0.29, 0.717) is 22.6 Å². The second-order valence-electron chi connectivity index (χ2n) is 4.75. The highest BCUT2D eigenvalue weighted by Gasteiger charge is 2.42. The van der Waals surface area contributed by atoms with Gasteiger partial charge in [0.1, 0.15) is 23.2 Å². The highest BCUT2D eigenvalue weighted by atomic mass is 79.9. The maximum absolute atomic E-state index is 10.3. The van der Waals surface area contributed by atoms with Crippen LogP contribution in [0, 0.1) is 11.3 Å². The second-order valence-corrected chi connectivity index (χ2v) is 5.74. The molecule has 1 aliphatic rings. The molecule has 0 bridgehead atoms. The molecule has 0 saturated heterocycles. The van der Waals surface area contributed by atoms with Gasteiger partial charge in [0, 0.05) is 11.6 Å². The molecule has 2 rings (SSSR count). The lowest BCUT2D eigenvalue weighted by atomic mass is 9.90. The van der Waals surface area contributed by atoms with E-state index in [-0.39, 0.29) is 4.83 Å². The van der Waals surface area contributed by atoms with Crippen LogP contribution in [0.1, 0.15) is 31.1 Å². The van der Waals surface area contributed by atoms with E-state index in [9.17, 15) is 5.11 Å². The number of alkyl halides is 1. The Labute approximate surface area is 114 Å². The van der Waals surface area contributed by atoms with Crippen molar-refractivity contribution in [2.75, 3.05) is 7.11 Å². The van der Waals surface area contributed by atoms with Crippen LogP contribution in [0.25, 0.3) is 0 Å². The number of nitriles is 1. The minimum Gasteiger partial charge on any atom is -0.495 e. The number of halogens is 1. The molecule has 1 aromatic carbocycles. The van der Waals surface area contributed by atoms with Gasteiger partial charge >= 0.3 is 0 Å². The molecule has 5 heteroatoms. The van der Waals surface area contributed by atoms with Gasteiger partial charge in [0.2, 0.25) is 0 Å². The smallest absolute Gasteiger partial charge is 0.140 e. The predicted molar refractivity (Wildman–Crippen MR) is 70.1 cm³/mol. The van der Waals surface area contributed by atoms with Gasteiger partial charge in [-0.25, -0.2) is 0 Å². The van der Waals surface area contributed by atoms with Crippen LogP contribution >= 0.6 is 15.9 Å². The summed E-state index contributed by atoms with van der Waals surface area (Å²) in [4.78, 5) is -0.238. The summed E-state index contributed by atoms with van der Waals surface area (Å²) in [5.74, 6) is 1.01. The molecule has 1 N–H and O–H groups in total. The Bertz CT molecular complexity index is 522. The fourth-order valence-corrected chi connectivity index (χ4v) is 2.41. The highest BCUT2D eigenvalue weighted by molar-refractivity contribution is 9.09. The number of aliphatic hydroxyl groups excluding tert-OH is 1. The Balaban J connectivity index is 2.58. The number of ether oxygens (including phenoxy) is 2. The average molecular weight is 312 g/mol. The van der Waals surface area contributed by atoms with Crippen molar-refractivity contribution >= 4 is 15.9 Å². The first kappa shape index (κ1) is 13.2. The van der Waals surface area contributed by atoms with Gasteiger partial charge in [-0.15, -0.1) is 0 Å². The first-order valence-electron chi connectivity index (χ1n) is 5.54. The minimum atomic E-state index is -0.721. The Kier molecular flexibility index (Phi) is 3.26. The van der Waals surface area contributed by atoms with Crippen molar-refractivity contribution in [2.45, 2.75) is 30.4 Å². The van der Waals surface area contributed by atoms with Gasteiger partial charge in [0.05, 0.1) is 23.6 Å². The first-order chi connectivity index (χ1) is 8.40. The van der Waals surface area contributed by atoms with Gasteiger partial charge in [-0.1, -0.05) is 15.9 Å². The van der Waals surface area contributed by atoms with Crippen molar-refractivity contribution in [3.8, 4) is 17.6 Å². The summed E-state index contributed by atoms with van der Waals surface area (Å²) in [6.07, 6.45) is -0.721. The van der Waals surface area contributed by atoms with Crippen LogP contribution in [0.5, 0.6) is 11.5 Å². The van der Waals surface area contributed by atoms with Crippen molar-refractivity contribution in [3.63, 3.8) is 0 Å². The van der Waals surface area contributed by atoms with Crippen LogP contribution in [-0.2, 0) is 0 Å². The molecule has 18 heavy (non-hydrogen) atoms. The van der Waals surface area contributed by atoms with Crippen LogP contribution in [-0.4, -0.2) is 22.6 Å². The number of rotatable bonds is 1. The fourth-order valence-electron chi connectivity index (χ4n) is 2.03. The molecular formula is C13H14BrNO3. The third kappa shape index (κ3) is 1.96. The van der Waals surface area contributed by atoms with E-state index < -0.39 is 11.7 Å². The van der Waals surface area contributed by atoms with E-state index >= 15 is 0 Å². The predicted octanol–water partition coefficient (Wildman–Crippen LogP) is 2.53. The number of benzene rings is 1. The number of fused-ring (bicyclic) bond motifs is 1. The standard InChI is InChI=1S/C13H14BrNO3/c1-13(2)12(14)11(16)8-4-7(6-15)9(17-3)5-10(8)18-13/h4-5,11-12,16H,1-3H3/t11-,12+/m1/s1. The molecular weight excluding hydrogens is 298 g/mol. The third-order valence-electron chi connectivity index (χ3n) is 3.09. The summed E-state index contributed by atoms with van der Waals surface area (Å²) in [5.41, 5.74) is 0.456. The number of aliphatic hydroxyl groups is 1. The lowest BCUT2D eigenvalue weighted by Crippen LogP contribution is -2.45. The van der Waals surface area contributed by atoms with Crippen molar-refractivity contribution in [3.05, 3.63) is 23.3 Å². The number of nitrogens with zero attached hydrogens (tertiary/aromatic N) is 1. The maximum Gasteiger partial charge on any atom is 0.140 e. The van der Waals surface area contributed by atoms with Crippen molar-refractivity contribution in [1.29, 1.82) is 5.26 Å². The summed E-state index contributed by atoms with van der Waals surface area (Å²) >= 11 is 3.44. The van der Waals surface area contributed by atoms with Crippen molar-refractivity contribution in [2.24, 2.45) is 0 Å². The molecule has 0 saturated carbocycles. The highest BCUT2D eigenvalue weighted by Crippen LogP contribution is 2.45. The van der Waals surface area contributed by atoms with E-state index in [4.69, 9.17) is 14.7 Å². The normalized spacial score (nSPS) is 24.7. The largest absolute Gasteiger partial charge is 0.495 e. The summed E-state index contributed by atoms with van der Waals surface area (Å²) in [6, 6.07) is 5.31. The van der Waals surface area contributed by atoms with Crippen LogP contribution in [0.15, 0.2) is 12.1 Å². The monoisotopic (exact) mass is 311 g/mol. The average Bonchev–Trinajstić information content (AvgIpc) is 2.34. The second kappa shape index (κ2) is 4.45. The lowest BCUT2D eigenvalue weighted by molar-refractivity contribution is 0.0223. The van der Waals surface area contributed by atoms with Crippen LogP contribution < -0.4 is 9.47 Å². The van der Waals surface area contributed by atoms with Gasteiger partial charge in [-0.3, -0.25) is 0 Å². The third-order valence-corrected chi connectivity index (χ3v) is 4.69. The number of hydrogen-bond acceptors (Lipinski definition) is 4. The van der Waals surface area contributed by atoms with E-state index in [1.54, 1.807) is 12.1 Å². The summed E-state index contributed by atoms with van der Waals surface area (Å²) in [5, 5.41) is 19.3. The number of methoxy groups -OCH3 is 1. The molecule has 0 spiro atoms. The van der Waals surface area contributed by atoms with Crippen LogP contribution in [0.2, 0.25) is 0 Å². The Hall–Kier alpha value is -1.25. The summed E-state index contributed by atoms with van der Waals surface area (Å²) in [6.45, 7) is 3.78. The molecule has 0 aliphatic carbocycles.